The van der Waals surface area contributed by atoms with Crippen molar-refractivity contribution in [3.8, 4) is 5.75 Å². The molecular weight excluding hydrogens is 573 g/mol. The SMILES string of the molecule is COc1cccc(CN(C(=O)CN(c2cc(Cl)cc(Cl)c2)S(C)(=O)=O)[C@H](Cc2ccccc2)C(=O)NC(C)C)c1. The molecule has 0 aromatic heterocycles. The monoisotopic (exact) mass is 605 g/mol. The van der Waals surface area contributed by atoms with Gasteiger partial charge in [-0.1, -0.05) is 65.7 Å². The van der Waals surface area contributed by atoms with E-state index < -0.39 is 28.5 Å². The number of nitrogens with zero attached hydrogens (tertiary/aromatic N) is 2. The van der Waals surface area contributed by atoms with Crippen LogP contribution in [0.2, 0.25) is 10.0 Å². The van der Waals surface area contributed by atoms with E-state index in [9.17, 15) is 18.0 Å². The molecule has 0 heterocycles. The van der Waals surface area contributed by atoms with E-state index in [4.69, 9.17) is 27.9 Å². The molecule has 0 radical (unpaired) electrons. The van der Waals surface area contributed by atoms with Gasteiger partial charge in [0.2, 0.25) is 21.8 Å². The minimum absolute atomic E-state index is 0.0347. The summed E-state index contributed by atoms with van der Waals surface area (Å²) in [5, 5.41) is 3.35. The summed E-state index contributed by atoms with van der Waals surface area (Å²) in [7, 11) is -2.40. The third kappa shape index (κ3) is 8.87. The van der Waals surface area contributed by atoms with Gasteiger partial charge in [0, 0.05) is 29.1 Å². The average molecular weight is 607 g/mol. The van der Waals surface area contributed by atoms with Gasteiger partial charge in [-0.2, -0.15) is 0 Å². The van der Waals surface area contributed by atoms with E-state index in [0.717, 1.165) is 16.1 Å². The Bertz CT molecular complexity index is 1410. The summed E-state index contributed by atoms with van der Waals surface area (Å²) in [6, 6.07) is 19.7. The average Bonchev–Trinajstić information content (AvgIpc) is 2.88. The number of carbonyl (C=O) groups excluding carboxylic acids is 2. The van der Waals surface area contributed by atoms with Crippen LogP contribution >= 0.6 is 23.2 Å². The number of carbonyl (C=O) groups is 2. The van der Waals surface area contributed by atoms with Gasteiger partial charge in [-0.25, -0.2) is 8.42 Å². The summed E-state index contributed by atoms with van der Waals surface area (Å²) in [6.45, 7) is 3.13. The molecule has 214 valence electrons. The zero-order valence-corrected chi connectivity index (χ0v) is 25.1. The molecule has 0 fully saturated rings. The Morgan fingerprint density at radius 1 is 0.925 bits per heavy atom. The molecule has 0 unspecified atom stereocenters. The maximum absolute atomic E-state index is 14.1. The lowest BCUT2D eigenvalue weighted by molar-refractivity contribution is -0.140. The second-order valence-electron chi connectivity index (χ2n) is 9.64. The van der Waals surface area contributed by atoms with Crippen LogP contribution in [0.3, 0.4) is 0 Å². The third-order valence-electron chi connectivity index (χ3n) is 6.00. The zero-order valence-electron chi connectivity index (χ0n) is 22.8. The summed E-state index contributed by atoms with van der Waals surface area (Å²) in [5.74, 6) is -0.349. The van der Waals surface area contributed by atoms with Crippen LogP contribution in [0.5, 0.6) is 5.75 Å². The molecular formula is C29H33Cl2N3O5S. The van der Waals surface area contributed by atoms with Gasteiger partial charge in [0.1, 0.15) is 18.3 Å². The van der Waals surface area contributed by atoms with Crippen LogP contribution in [0.25, 0.3) is 0 Å². The fourth-order valence-electron chi connectivity index (χ4n) is 4.20. The number of methoxy groups -OCH3 is 1. The Labute approximate surface area is 245 Å². The molecule has 0 saturated heterocycles. The fraction of sp³-hybridized carbons (Fsp3) is 0.310. The standard InChI is InChI=1S/C29H33Cl2N3O5S/c1-20(2)32-29(36)27(14-21-9-6-5-7-10-21)33(18-22-11-8-12-26(13-22)39-3)28(35)19-34(40(4,37)38)25-16-23(30)15-24(31)17-25/h5-13,15-17,20,27H,14,18-19H2,1-4H3,(H,32,36)/t27-/m1/s1. The van der Waals surface area contributed by atoms with Crippen molar-refractivity contribution in [2.24, 2.45) is 0 Å². The molecule has 3 aromatic carbocycles. The first-order valence-corrected chi connectivity index (χ1v) is 15.2. The Morgan fingerprint density at radius 2 is 1.55 bits per heavy atom. The number of ether oxygens (including phenoxy) is 1. The van der Waals surface area contributed by atoms with E-state index in [1.54, 1.807) is 18.2 Å². The van der Waals surface area contributed by atoms with Crippen molar-refractivity contribution < 1.29 is 22.7 Å². The smallest absolute Gasteiger partial charge is 0.244 e. The van der Waals surface area contributed by atoms with E-state index >= 15 is 0 Å². The highest BCUT2D eigenvalue weighted by atomic mass is 35.5. The number of benzene rings is 3. The van der Waals surface area contributed by atoms with Crippen molar-refractivity contribution in [1.82, 2.24) is 10.2 Å². The number of rotatable bonds is 12. The molecule has 40 heavy (non-hydrogen) atoms. The van der Waals surface area contributed by atoms with Crippen LogP contribution in [0.1, 0.15) is 25.0 Å². The van der Waals surface area contributed by atoms with Crippen molar-refractivity contribution in [2.45, 2.75) is 38.9 Å². The van der Waals surface area contributed by atoms with Crippen molar-refractivity contribution in [3.63, 3.8) is 0 Å². The van der Waals surface area contributed by atoms with E-state index in [1.807, 2.05) is 50.2 Å². The number of sulfonamides is 1. The molecule has 1 atom stereocenters. The number of hydrogen-bond acceptors (Lipinski definition) is 5. The van der Waals surface area contributed by atoms with Crippen molar-refractivity contribution in [1.29, 1.82) is 0 Å². The minimum atomic E-state index is -3.94. The number of amides is 2. The minimum Gasteiger partial charge on any atom is -0.497 e. The summed E-state index contributed by atoms with van der Waals surface area (Å²) < 4.78 is 32.0. The van der Waals surface area contributed by atoms with Crippen LogP contribution in [-0.2, 0) is 32.6 Å². The van der Waals surface area contributed by atoms with Gasteiger partial charge in [-0.15, -0.1) is 0 Å². The van der Waals surface area contributed by atoms with Gasteiger partial charge in [0.15, 0.2) is 0 Å². The molecule has 0 bridgehead atoms. The molecule has 11 heteroatoms. The number of nitrogens with one attached hydrogen (secondary N) is 1. The molecule has 0 saturated carbocycles. The lowest BCUT2D eigenvalue weighted by Crippen LogP contribution is -2.54. The predicted molar refractivity (Wildman–Crippen MR) is 159 cm³/mol. The Hall–Kier alpha value is -3.27. The molecule has 0 aliphatic rings. The Morgan fingerprint density at radius 3 is 2.12 bits per heavy atom. The Kier molecular flexibility index (Phi) is 10.8. The molecule has 3 aromatic rings. The van der Waals surface area contributed by atoms with Crippen LogP contribution < -0.4 is 14.4 Å². The highest BCUT2D eigenvalue weighted by Crippen LogP contribution is 2.28. The van der Waals surface area contributed by atoms with Crippen LogP contribution in [0.15, 0.2) is 72.8 Å². The first kappa shape index (κ1) is 31.3. The van der Waals surface area contributed by atoms with Crippen LogP contribution in [0.4, 0.5) is 5.69 Å². The van der Waals surface area contributed by atoms with Crippen molar-refractivity contribution in [3.05, 3.63) is 94.0 Å². The zero-order chi connectivity index (χ0) is 29.4. The topological polar surface area (TPSA) is 96.0 Å². The molecule has 1 N–H and O–H groups in total. The van der Waals surface area contributed by atoms with Crippen molar-refractivity contribution in [2.75, 3.05) is 24.2 Å². The van der Waals surface area contributed by atoms with Gasteiger partial charge in [0.25, 0.3) is 0 Å². The first-order chi connectivity index (χ1) is 18.9. The third-order valence-corrected chi connectivity index (χ3v) is 7.58. The summed E-state index contributed by atoms with van der Waals surface area (Å²) in [6.07, 6.45) is 1.21. The second-order valence-corrected chi connectivity index (χ2v) is 12.4. The van der Waals surface area contributed by atoms with E-state index in [1.165, 1.54) is 30.2 Å². The van der Waals surface area contributed by atoms with E-state index in [0.29, 0.717) is 11.3 Å². The van der Waals surface area contributed by atoms with E-state index in [2.05, 4.69) is 5.32 Å². The largest absolute Gasteiger partial charge is 0.497 e. The molecule has 0 spiro atoms. The van der Waals surface area contributed by atoms with E-state index in [-0.39, 0.29) is 40.6 Å². The summed E-state index contributed by atoms with van der Waals surface area (Å²) >= 11 is 12.3. The van der Waals surface area contributed by atoms with Gasteiger partial charge >= 0.3 is 0 Å². The highest BCUT2D eigenvalue weighted by molar-refractivity contribution is 7.92. The van der Waals surface area contributed by atoms with Gasteiger partial charge < -0.3 is 15.0 Å². The quantitative estimate of drug-likeness (QED) is 0.316. The second kappa shape index (κ2) is 13.9. The maximum atomic E-state index is 14.1. The highest BCUT2D eigenvalue weighted by Gasteiger charge is 2.33. The van der Waals surface area contributed by atoms with Gasteiger partial charge in [0.05, 0.1) is 19.1 Å². The summed E-state index contributed by atoms with van der Waals surface area (Å²) in [4.78, 5) is 29.0. The maximum Gasteiger partial charge on any atom is 0.244 e. The number of halogens is 2. The van der Waals surface area contributed by atoms with Gasteiger partial charge in [-0.3, -0.25) is 13.9 Å². The van der Waals surface area contributed by atoms with Crippen molar-refractivity contribution >= 4 is 50.7 Å². The number of anilines is 1. The normalized spacial score (nSPS) is 12.1. The molecule has 3 rings (SSSR count). The molecule has 0 aliphatic carbocycles. The van der Waals surface area contributed by atoms with Crippen LogP contribution in [-0.4, -0.2) is 57.1 Å². The first-order valence-electron chi connectivity index (χ1n) is 12.6. The predicted octanol–water partition coefficient (Wildman–Crippen LogP) is 4.93. The van der Waals surface area contributed by atoms with Gasteiger partial charge in [-0.05, 0) is 55.3 Å². The molecule has 2 amide bonds. The lowest BCUT2D eigenvalue weighted by atomic mass is 10.0. The number of hydrogen-bond donors (Lipinski definition) is 1. The lowest BCUT2D eigenvalue weighted by Gasteiger charge is -2.34. The molecule has 0 aliphatic heterocycles. The Balaban J connectivity index is 2.09. The molecule has 8 nitrogen and oxygen atoms in total. The summed E-state index contributed by atoms with van der Waals surface area (Å²) in [5.41, 5.74) is 1.69. The van der Waals surface area contributed by atoms with Crippen LogP contribution in [0, 0.1) is 0 Å². The fourth-order valence-corrected chi connectivity index (χ4v) is 5.55.